The van der Waals surface area contributed by atoms with Crippen molar-refractivity contribution in [2.45, 2.75) is 12.8 Å². The molecule has 0 atom stereocenters. The number of likely N-dealkylation sites (N-methyl/N-ethyl adjacent to an activating group) is 1. The van der Waals surface area contributed by atoms with Gasteiger partial charge in [-0.3, -0.25) is 4.79 Å². The molecule has 0 spiro atoms. The Labute approximate surface area is 172 Å². The van der Waals surface area contributed by atoms with E-state index >= 15 is 0 Å². The maximum absolute atomic E-state index is 13.3. The van der Waals surface area contributed by atoms with Gasteiger partial charge >= 0.3 is 0 Å². The fourth-order valence-corrected chi connectivity index (χ4v) is 3.17. The zero-order valence-corrected chi connectivity index (χ0v) is 16.7. The molecule has 0 aliphatic carbocycles. The number of benzene rings is 2. The van der Waals surface area contributed by atoms with Crippen molar-refractivity contribution in [2.24, 2.45) is 0 Å². The van der Waals surface area contributed by atoms with Crippen molar-refractivity contribution in [3.8, 4) is 17.3 Å². The molecule has 0 aliphatic rings. The molecule has 1 amide bonds. The molecule has 2 aromatic carbocycles. The Morgan fingerprint density at radius 3 is 2.90 bits per heavy atom. The maximum Gasteiger partial charge on any atom is 0.274 e. The van der Waals surface area contributed by atoms with Crippen molar-refractivity contribution in [2.75, 3.05) is 20.7 Å². The average molecular weight is 408 g/mol. The first-order chi connectivity index (χ1) is 14.5. The molecule has 2 heterocycles. The van der Waals surface area contributed by atoms with Crippen molar-refractivity contribution in [1.29, 1.82) is 0 Å². The summed E-state index contributed by atoms with van der Waals surface area (Å²) in [5.41, 5.74) is 2.30. The molecule has 0 radical (unpaired) electrons. The number of nitrogens with one attached hydrogen (secondary N) is 1. The molecule has 4 rings (SSSR count). The van der Waals surface area contributed by atoms with Crippen LogP contribution in [-0.4, -0.2) is 46.6 Å². The van der Waals surface area contributed by atoms with Crippen molar-refractivity contribution in [3.05, 3.63) is 65.7 Å². The van der Waals surface area contributed by atoms with Crippen LogP contribution < -0.4 is 4.74 Å². The Hall–Kier alpha value is -3.68. The minimum Gasteiger partial charge on any atom is -0.497 e. The van der Waals surface area contributed by atoms with Gasteiger partial charge in [-0.05, 0) is 42.0 Å². The lowest BCUT2D eigenvalue weighted by Crippen LogP contribution is -2.30. The van der Waals surface area contributed by atoms with Crippen molar-refractivity contribution < 1.29 is 18.4 Å². The van der Waals surface area contributed by atoms with Crippen LogP contribution in [-0.2, 0) is 17.6 Å². The van der Waals surface area contributed by atoms with Crippen LogP contribution in [0.3, 0.4) is 0 Å². The Kier molecular flexibility index (Phi) is 5.47. The number of aromatic amines is 1. The molecule has 0 unspecified atom stereocenters. The largest absolute Gasteiger partial charge is 0.497 e. The molecular weight excluding hydrogens is 387 g/mol. The number of rotatable bonds is 7. The fraction of sp³-hybridized carbons (Fsp3) is 0.227. The standard InChI is InChI=1S/C22H21FN4O3/c1-27(21(28)11-14-4-3-5-16(23)10-14)9-8-20-25-22(30-26-20)19-13-15-12-17(29-2)6-7-18(15)24-19/h3-7,10,12-13,24H,8-9,11H2,1-2H3. The van der Waals surface area contributed by atoms with E-state index in [0.29, 0.717) is 35.9 Å². The highest BCUT2D eigenvalue weighted by atomic mass is 19.1. The molecule has 0 saturated carbocycles. The zero-order valence-electron chi connectivity index (χ0n) is 16.7. The number of hydrogen-bond acceptors (Lipinski definition) is 5. The zero-order chi connectivity index (χ0) is 21.1. The van der Waals surface area contributed by atoms with Crippen molar-refractivity contribution >= 4 is 16.8 Å². The summed E-state index contributed by atoms with van der Waals surface area (Å²) >= 11 is 0. The van der Waals surface area contributed by atoms with Crippen LogP contribution in [0.5, 0.6) is 5.75 Å². The number of H-pyrrole nitrogens is 1. The summed E-state index contributed by atoms with van der Waals surface area (Å²) < 4.78 is 23.9. The number of halogens is 1. The minimum atomic E-state index is -0.349. The first-order valence-corrected chi connectivity index (χ1v) is 9.50. The predicted molar refractivity (Wildman–Crippen MR) is 110 cm³/mol. The molecule has 8 heteroatoms. The van der Waals surface area contributed by atoms with Crippen molar-refractivity contribution in [3.63, 3.8) is 0 Å². The molecule has 0 bridgehead atoms. The smallest absolute Gasteiger partial charge is 0.274 e. The molecule has 4 aromatic rings. The Morgan fingerprint density at radius 1 is 1.23 bits per heavy atom. The highest BCUT2D eigenvalue weighted by molar-refractivity contribution is 5.85. The Bertz CT molecular complexity index is 1180. The van der Waals surface area contributed by atoms with E-state index in [1.807, 2.05) is 24.3 Å². The van der Waals surface area contributed by atoms with Gasteiger partial charge in [-0.1, -0.05) is 17.3 Å². The average Bonchev–Trinajstić information content (AvgIpc) is 3.38. The molecule has 154 valence electrons. The van der Waals surface area contributed by atoms with Gasteiger partial charge in [0.25, 0.3) is 5.89 Å². The van der Waals surface area contributed by atoms with Gasteiger partial charge in [0.2, 0.25) is 5.91 Å². The van der Waals surface area contributed by atoms with Crippen molar-refractivity contribution in [1.82, 2.24) is 20.0 Å². The number of nitrogens with zero attached hydrogens (tertiary/aromatic N) is 3. The van der Waals surface area contributed by atoms with Gasteiger partial charge in [0.05, 0.1) is 13.5 Å². The van der Waals surface area contributed by atoms with Gasteiger partial charge in [-0.15, -0.1) is 0 Å². The number of carbonyl (C=O) groups is 1. The van der Waals surface area contributed by atoms with Crippen LogP contribution in [0.2, 0.25) is 0 Å². The number of methoxy groups -OCH3 is 1. The number of carbonyl (C=O) groups excluding carboxylic acids is 1. The van der Waals surface area contributed by atoms with E-state index in [0.717, 1.165) is 16.7 Å². The SMILES string of the molecule is COc1ccc2[nH]c(-c3nc(CCN(C)C(=O)Cc4cccc(F)c4)no3)cc2c1. The highest BCUT2D eigenvalue weighted by Crippen LogP contribution is 2.26. The molecule has 0 saturated heterocycles. The predicted octanol–water partition coefficient (Wildman–Crippen LogP) is 3.61. The summed E-state index contributed by atoms with van der Waals surface area (Å²) in [5.74, 6) is 1.21. The van der Waals surface area contributed by atoms with E-state index in [1.165, 1.54) is 12.1 Å². The second-order valence-electron chi connectivity index (χ2n) is 7.02. The highest BCUT2D eigenvalue weighted by Gasteiger charge is 2.15. The first-order valence-electron chi connectivity index (χ1n) is 9.50. The summed E-state index contributed by atoms with van der Waals surface area (Å²) in [6.07, 6.45) is 0.590. The second-order valence-corrected chi connectivity index (χ2v) is 7.02. The third kappa shape index (κ3) is 4.32. The summed E-state index contributed by atoms with van der Waals surface area (Å²) in [4.78, 5) is 21.6. The lowest BCUT2D eigenvalue weighted by atomic mass is 10.1. The fourth-order valence-electron chi connectivity index (χ4n) is 3.17. The second kappa shape index (κ2) is 8.36. The maximum atomic E-state index is 13.3. The molecular formula is C22H21FN4O3. The van der Waals surface area contributed by atoms with Gasteiger partial charge in [-0.2, -0.15) is 4.98 Å². The first kappa shape index (κ1) is 19.6. The van der Waals surface area contributed by atoms with E-state index in [2.05, 4.69) is 15.1 Å². The number of ether oxygens (including phenoxy) is 1. The van der Waals surface area contributed by atoms with Crippen LogP contribution in [0.15, 0.2) is 53.1 Å². The summed E-state index contributed by atoms with van der Waals surface area (Å²) in [6, 6.07) is 13.7. The number of fused-ring (bicyclic) bond motifs is 1. The third-order valence-electron chi connectivity index (χ3n) is 4.87. The Morgan fingerprint density at radius 2 is 2.10 bits per heavy atom. The van der Waals surface area contributed by atoms with Gasteiger partial charge in [-0.25, -0.2) is 4.39 Å². The molecule has 7 nitrogen and oxygen atoms in total. The third-order valence-corrected chi connectivity index (χ3v) is 4.87. The van der Waals surface area contributed by atoms with E-state index in [1.54, 1.807) is 31.2 Å². The summed E-state index contributed by atoms with van der Waals surface area (Å²) in [6.45, 7) is 0.428. The molecule has 0 fully saturated rings. The van der Waals surface area contributed by atoms with E-state index in [9.17, 15) is 9.18 Å². The lowest BCUT2D eigenvalue weighted by Gasteiger charge is -2.16. The number of aromatic nitrogens is 3. The van der Waals surface area contributed by atoms with Gasteiger partial charge in [0.1, 0.15) is 17.3 Å². The van der Waals surface area contributed by atoms with Crippen LogP contribution in [0.4, 0.5) is 4.39 Å². The van der Waals surface area contributed by atoms with Gasteiger partial charge in [0, 0.05) is 30.9 Å². The van der Waals surface area contributed by atoms with E-state index in [-0.39, 0.29) is 18.1 Å². The lowest BCUT2D eigenvalue weighted by molar-refractivity contribution is -0.129. The van der Waals surface area contributed by atoms with Gasteiger partial charge in [0.15, 0.2) is 5.82 Å². The summed E-state index contributed by atoms with van der Waals surface area (Å²) in [5, 5.41) is 4.98. The van der Waals surface area contributed by atoms with Crippen LogP contribution >= 0.6 is 0 Å². The normalized spacial score (nSPS) is 11.0. The summed E-state index contributed by atoms with van der Waals surface area (Å²) in [7, 11) is 3.33. The molecule has 2 aromatic heterocycles. The van der Waals surface area contributed by atoms with Crippen LogP contribution in [0, 0.1) is 5.82 Å². The van der Waals surface area contributed by atoms with Crippen LogP contribution in [0.25, 0.3) is 22.5 Å². The number of amides is 1. The van der Waals surface area contributed by atoms with Gasteiger partial charge < -0.3 is 19.1 Å². The quantitative estimate of drug-likeness (QED) is 0.505. The van der Waals surface area contributed by atoms with E-state index < -0.39 is 0 Å². The monoisotopic (exact) mass is 408 g/mol. The molecule has 0 aliphatic heterocycles. The Balaban J connectivity index is 1.38. The molecule has 1 N–H and O–H groups in total. The minimum absolute atomic E-state index is 0.103. The number of hydrogen-bond donors (Lipinski definition) is 1. The van der Waals surface area contributed by atoms with E-state index in [4.69, 9.17) is 9.26 Å². The molecule has 30 heavy (non-hydrogen) atoms. The topological polar surface area (TPSA) is 84.2 Å². The van der Waals surface area contributed by atoms with Crippen LogP contribution in [0.1, 0.15) is 11.4 Å².